The first-order chi connectivity index (χ1) is 12.4. The van der Waals surface area contributed by atoms with Gasteiger partial charge in [-0.15, -0.1) is 11.8 Å². The van der Waals surface area contributed by atoms with Gasteiger partial charge in [-0.2, -0.15) is 0 Å². The quantitative estimate of drug-likeness (QED) is 0.593. The molecule has 0 atom stereocenters. The number of carbonyl (C=O) groups is 2. The first-order valence-corrected chi connectivity index (χ1v) is 9.13. The van der Waals surface area contributed by atoms with Gasteiger partial charge in [-0.1, -0.05) is 0 Å². The van der Waals surface area contributed by atoms with E-state index in [1.807, 2.05) is 37.4 Å². The topological polar surface area (TPSA) is 67.9 Å². The van der Waals surface area contributed by atoms with Crippen LogP contribution in [0.1, 0.15) is 10.4 Å². The fourth-order valence-electron chi connectivity index (χ4n) is 2.22. The SMILES string of the molecule is COc1cc(SC)ccc1C(=O)OCC(=O)Nc1ccc(N(C)C)cc1. The summed E-state index contributed by atoms with van der Waals surface area (Å²) >= 11 is 1.54. The van der Waals surface area contributed by atoms with Crippen LogP contribution in [-0.2, 0) is 9.53 Å². The normalized spacial score (nSPS) is 10.2. The van der Waals surface area contributed by atoms with E-state index in [0.717, 1.165) is 10.6 Å². The van der Waals surface area contributed by atoms with E-state index in [0.29, 0.717) is 11.4 Å². The van der Waals surface area contributed by atoms with E-state index < -0.39 is 11.9 Å². The number of ether oxygens (including phenoxy) is 2. The van der Waals surface area contributed by atoms with E-state index in [1.54, 1.807) is 42.1 Å². The zero-order valence-electron chi connectivity index (χ0n) is 15.2. The minimum atomic E-state index is -0.604. The monoisotopic (exact) mass is 374 g/mol. The lowest BCUT2D eigenvalue weighted by atomic mass is 10.2. The Hall–Kier alpha value is -2.67. The number of amides is 1. The number of carbonyl (C=O) groups excluding carboxylic acids is 2. The molecule has 0 saturated carbocycles. The Morgan fingerprint density at radius 1 is 1.12 bits per heavy atom. The lowest BCUT2D eigenvalue weighted by molar-refractivity contribution is -0.119. The Morgan fingerprint density at radius 3 is 2.38 bits per heavy atom. The molecule has 138 valence electrons. The van der Waals surface area contributed by atoms with Crippen molar-refractivity contribution in [1.29, 1.82) is 0 Å². The van der Waals surface area contributed by atoms with Gasteiger partial charge >= 0.3 is 5.97 Å². The summed E-state index contributed by atoms with van der Waals surface area (Å²) in [6.45, 7) is -0.373. The highest BCUT2D eigenvalue weighted by Gasteiger charge is 2.16. The van der Waals surface area contributed by atoms with Crippen LogP contribution in [0.3, 0.4) is 0 Å². The van der Waals surface area contributed by atoms with Gasteiger partial charge in [-0.3, -0.25) is 4.79 Å². The fourth-order valence-corrected chi connectivity index (χ4v) is 2.64. The maximum Gasteiger partial charge on any atom is 0.342 e. The van der Waals surface area contributed by atoms with Crippen LogP contribution < -0.4 is 15.0 Å². The van der Waals surface area contributed by atoms with Gasteiger partial charge in [0.25, 0.3) is 5.91 Å². The summed E-state index contributed by atoms with van der Waals surface area (Å²) in [5.41, 5.74) is 1.95. The zero-order chi connectivity index (χ0) is 19.1. The van der Waals surface area contributed by atoms with Gasteiger partial charge in [0.1, 0.15) is 11.3 Å². The molecule has 2 aromatic rings. The van der Waals surface area contributed by atoms with Crippen LogP contribution in [0.15, 0.2) is 47.4 Å². The van der Waals surface area contributed by atoms with Crippen LogP contribution in [0.25, 0.3) is 0 Å². The van der Waals surface area contributed by atoms with E-state index in [9.17, 15) is 9.59 Å². The summed E-state index contributed by atoms with van der Waals surface area (Å²) in [7, 11) is 5.36. The van der Waals surface area contributed by atoms with E-state index in [1.165, 1.54) is 7.11 Å². The lowest BCUT2D eigenvalue weighted by Crippen LogP contribution is -2.21. The van der Waals surface area contributed by atoms with Crippen molar-refractivity contribution in [2.75, 3.05) is 44.3 Å². The van der Waals surface area contributed by atoms with Crippen molar-refractivity contribution in [2.24, 2.45) is 0 Å². The lowest BCUT2D eigenvalue weighted by Gasteiger charge is -2.13. The second-order valence-corrected chi connectivity index (χ2v) is 6.51. The van der Waals surface area contributed by atoms with Gasteiger partial charge in [0, 0.05) is 30.4 Å². The molecule has 0 aliphatic heterocycles. The Balaban J connectivity index is 1.93. The molecule has 2 rings (SSSR count). The molecule has 7 heteroatoms. The van der Waals surface area contributed by atoms with Gasteiger partial charge in [0.15, 0.2) is 6.61 Å². The Morgan fingerprint density at radius 2 is 1.81 bits per heavy atom. The molecule has 0 aliphatic carbocycles. The van der Waals surface area contributed by atoms with Crippen molar-refractivity contribution in [2.45, 2.75) is 4.90 Å². The third kappa shape index (κ3) is 5.16. The molecule has 0 unspecified atom stereocenters. The van der Waals surface area contributed by atoms with Crippen LogP contribution in [0.4, 0.5) is 11.4 Å². The van der Waals surface area contributed by atoms with E-state index >= 15 is 0 Å². The average Bonchev–Trinajstić information content (AvgIpc) is 2.65. The van der Waals surface area contributed by atoms with Crippen LogP contribution >= 0.6 is 11.8 Å². The Labute approximate surface area is 157 Å². The number of hydrogen-bond acceptors (Lipinski definition) is 6. The van der Waals surface area contributed by atoms with Crippen molar-refractivity contribution in [1.82, 2.24) is 0 Å². The van der Waals surface area contributed by atoms with Crippen LogP contribution in [0.2, 0.25) is 0 Å². The molecule has 6 nitrogen and oxygen atoms in total. The van der Waals surface area contributed by atoms with E-state index in [-0.39, 0.29) is 12.2 Å². The molecule has 2 aromatic carbocycles. The number of hydrogen-bond donors (Lipinski definition) is 1. The summed E-state index contributed by atoms with van der Waals surface area (Å²) in [6.07, 6.45) is 1.93. The molecule has 0 radical (unpaired) electrons. The molecule has 0 aromatic heterocycles. The highest BCUT2D eigenvalue weighted by molar-refractivity contribution is 7.98. The first-order valence-electron chi connectivity index (χ1n) is 7.91. The standard InChI is InChI=1S/C19H22N2O4S/c1-21(2)14-7-5-13(6-8-14)20-18(22)12-25-19(23)16-10-9-15(26-4)11-17(16)24-3/h5-11H,12H2,1-4H3,(H,20,22). The number of benzene rings is 2. The van der Waals surface area contributed by atoms with Gasteiger partial charge in [-0.05, 0) is 48.7 Å². The van der Waals surface area contributed by atoms with E-state index in [2.05, 4.69) is 5.32 Å². The smallest absolute Gasteiger partial charge is 0.342 e. The van der Waals surface area contributed by atoms with Crippen molar-refractivity contribution in [3.05, 3.63) is 48.0 Å². The predicted octanol–water partition coefficient (Wildman–Crippen LogP) is 3.28. The molecular weight excluding hydrogens is 352 g/mol. The van der Waals surface area contributed by atoms with Crippen molar-refractivity contribution < 1.29 is 19.1 Å². The molecule has 0 heterocycles. The molecule has 0 spiro atoms. The third-order valence-corrected chi connectivity index (χ3v) is 4.36. The summed E-state index contributed by atoms with van der Waals surface area (Å²) in [4.78, 5) is 27.1. The van der Waals surface area contributed by atoms with Crippen molar-refractivity contribution in [3.63, 3.8) is 0 Å². The Kier molecular flexibility index (Phi) is 6.91. The summed E-state index contributed by atoms with van der Waals surface area (Å²) in [5.74, 6) is -0.593. The highest BCUT2D eigenvalue weighted by atomic mass is 32.2. The van der Waals surface area contributed by atoms with Gasteiger partial charge < -0.3 is 19.7 Å². The van der Waals surface area contributed by atoms with Gasteiger partial charge in [-0.25, -0.2) is 4.79 Å². The average molecular weight is 374 g/mol. The molecular formula is C19H22N2O4S. The second kappa shape index (κ2) is 9.15. The zero-order valence-corrected chi connectivity index (χ0v) is 16.1. The molecule has 1 amide bonds. The van der Waals surface area contributed by atoms with Crippen molar-refractivity contribution >= 4 is 35.0 Å². The van der Waals surface area contributed by atoms with Crippen molar-refractivity contribution in [3.8, 4) is 5.75 Å². The fraction of sp³-hybridized carbons (Fsp3) is 0.263. The molecule has 0 aliphatic rings. The minimum Gasteiger partial charge on any atom is -0.496 e. The number of nitrogens with one attached hydrogen (secondary N) is 1. The number of nitrogens with zero attached hydrogens (tertiary/aromatic N) is 1. The number of methoxy groups -OCH3 is 1. The number of esters is 1. The van der Waals surface area contributed by atoms with Crippen LogP contribution in [0.5, 0.6) is 5.75 Å². The largest absolute Gasteiger partial charge is 0.496 e. The molecule has 26 heavy (non-hydrogen) atoms. The summed E-state index contributed by atoms with van der Waals surface area (Å²) in [5, 5.41) is 2.69. The molecule has 0 fully saturated rings. The maximum atomic E-state index is 12.2. The minimum absolute atomic E-state index is 0.286. The summed E-state index contributed by atoms with van der Waals surface area (Å²) < 4.78 is 10.3. The number of anilines is 2. The van der Waals surface area contributed by atoms with Crippen LogP contribution in [0, 0.1) is 0 Å². The van der Waals surface area contributed by atoms with Gasteiger partial charge in [0.2, 0.25) is 0 Å². The Bertz CT molecular complexity index is 776. The van der Waals surface area contributed by atoms with Gasteiger partial charge in [0.05, 0.1) is 7.11 Å². The molecule has 0 bridgehead atoms. The molecule has 0 saturated heterocycles. The second-order valence-electron chi connectivity index (χ2n) is 5.63. The third-order valence-electron chi connectivity index (χ3n) is 3.63. The van der Waals surface area contributed by atoms with Crippen LogP contribution in [-0.4, -0.2) is 45.9 Å². The van der Waals surface area contributed by atoms with E-state index in [4.69, 9.17) is 9.47 Å². The number of rotatable bonds is 7. The predicted molar refractivity (Wildman–Crippen MR) is 104 cm³/mol. The summed E-state index contributed by atoms with van der Waals surface area (Å²) in [6, 6.07) is 12.5. The maximum absolute atomic E-state index is 12.2. The molecule has 1 N–H and O–H groups in total. The number of thioether (sulfide) groups is 1. The highest BCUT2D eigenvalue weighted by Crippen LogP contribution is 2.26. The first kappa shape index (κ1) is 19.7.